The van der Waals surface area contributed by atoms with Gasteiger partial charge in [0, 0.05) is 65.1 Å². The van der Waals surface area contributed by atoms with Gasteiger partial charge < -0.3 is 72.1 Å². The Hall–Kier alpha value is -5.41. The number of nitrogens with one attached hydrogen (secondary N) is 1. The molecule has 5 rings (SSSR count). The molecular weight excluding hydrogens is 921 g/mol. The number of fused-ring (bicyclic) bond motifs is 1. The molecule has 0 saturated carbocycles. The normalized spacial score (nSPS) is 17.7. The first-order valence-electron chi connectivity index (χ1n) is 23.2. The summed E-state index contributed by atoms with van der Waals surface area (Å²) < 4.78 is 5.49. The molecule has 9 atom stereocenters. The highest BCUT2D eigenvalue weighted by Gasteiger charge is 2.35. The van der Waals surface area contributed by atoms with Crippen molar-refractivity contribution in [1.82, 2.24) is 43.6 Å². The maximum atomic E-state index is 14.2. The lowest BCUT2D eigenvalue weighted by Gasteiger charge is -2.33. The summed E-state index contributed by atoms with van der Waals surface area (Å²) >= 11 is 0. The first-order valence-corrected chi connectivity index (χ1v) is 23.2. The molecule has 4 aromatic rings. The highest BCUT2D eigenvalue weighted by molar-refractivity contribution is 5.89. The zero-order chi connectivity index (χ0) is 51.2. The van der Waals surface area contributed by atoms with E-state index in [0.717, 1.165) is 49.5 Å². The number of nitrogens with zero attached hydrogens (tertiary/aromatic N) is 10. The first-order chi connectivity index (χ1) is 33.4. The number of hydrogen-bond donors (Lipinski definition) is 13. The maximum absolute atomic E-state index is 14.2. The quantitative estimate of drug-likeness (QED) is 0.0188. The fourth-order valence-corrected chi connectivity index (χ4v) is 8.28. The van der Waals surface area contributed by atoms with E-state index in [1.54, 1.807) is 22.4 Å². The van der Waals surface area contributed by atoms with Crippen LogP contribution >= 0.6 is 0 Å². The Morgan fingerprint density at radius 3 is 2.13 bits per heavy atom. The van der Waals surface area contributed by atoms with E-state index in [9.17, 15) is 60.3 Å². The van der Waals surface area contributed by atoms with E-state index in [2.05, 4.69) is 32.5 Å². The Morgan fingerprint density at radius 2 is 1.51 bits per heavy atom. The lowest BCUT2D eigenvalue weighted by atomic mass is 10.0. The summed E-state index contributed by atoms with van der Waals surface area (Å²) in [5.74, 6) is 5.41. The van der Waals surface area contributed by atoms with Crippen LogP contribution in [0, 0.1) is 11.8 Å². The fourth-order valence-electron chi connectivity index (χ4n) is 8.28. The molecule has 0 amide bonds. The maximum Gasteiger partial charge on any atom is 0.337 e. The third kappa shape index (κ3) is 14.1. The molecule has 0 radical (unpaired) electrons. The molecule has 1 fully saturated rings. The minimum absolute atomic E-state index is 0.0130. The Bertz CT molecular complexity index is 2470. The van der Waals surface area contributed by atoms with Crippen molar-refractivity contribution in [1.29, 1.82) is 0 Å². The summed E-state index contributed by atoms with van der Waals surface area (Å²) in [6.45, 7) is 0.756. The predicted octanol–water partition coefficient (Wildman–Crippen LogP) is -4.68. The predicted molar refractivity (Wildman–Crippen MR) is 252 cm³/mol. The van der Waals surface area contributed by atoms with Gasteiger partial charge in [0.25, 0.3) is 5.56 Å². The Labute approximate surface area is 402 Å². The minimum atomic E-state index is -1.93. The van der Waals surface area contributed by atoms with Crippen molar-refractivity contribution in [2.45, 2.75) is 133 Å². The van der Waals surface area contributed by atoms with E-state index in [-0.39, 0.29) is 41.6 Å². The zero-order valence-electron chi connectivity index (χ0n) is 39.3. The number of carboxylic acid groups (broad SMARTS) is 1. The largest absolute Gasteiger partial charge is 0.478 e. The molecule has 388 valence electrons. The van der Waals surface area contributed by atoms with Gasteiger partial charge in [0.1, 0.15) is 42.4 Å². The molecule has 0 aliphatic carbocycles. The molecule has 1 saturated heterocycles. The van der Waals surface area contributed by atoms with E-state index >= 15 is 0 Å². The summed E-state index contributed by atoms with van der Waals surface area (Å²) in [6, 6.07) is 2.82. The van der Waals surface area contributed by atoms with Gasteiger partial charge in [0.15, 0.2) is 11.2 Å². The number of aryl methyl sites for hydroxylation is 2. The fraction of sp³-hybridized carbons (Fsp3) is 0.659. The average Bonchev–Trinajstić information content (AvgIpc) is 3.97. The van der Waals surface area contributed by atoms with Crippen LogP contribution < -0.4 is 27.2 Å². The number of anilines is 2. The molecule has 14 N–H and O–H groups in total. The lowest BCUT2D eigenvalue weighted by Crippen LogP contribution is -2.53. The summed E-state index contributed by atoms with van der Waals surface area (Å²) in [5.41, 5.74) is 5.44. The second-order valence-corrected chi connectivity index (χ2v) is 17.6. The van der Waals surface area contributed by atoms with Crippen LogP contribution in [0.1, 0.15) is 73.6 Å². The number of rotatable bonds is 28. The van der Waals surface area contributed by atoms with Crippen LogP contribution in [0.4, 0.5) is 11.8 Å². The van der Waals surface area contributed by atoms with Gasteiger partial charge in [-0.15, -0.1) is 11.0 Å². The monoisotopic (exact) mass is 988 g/mol. The van der Waals surface area contributed by atoms with Crippen LogP contribution in [0.2, 0.25) is 0 Å². The Kier molecular flexibility index (Phi) is 20.7. The molecule has 0 bridgehead atoms. The molecule has 1 aliphatic rings. The smallest absolute Gasteiger partial charge is 0.337 e. The summed E-state index contributed by atoms with van der Waals surface area (Å²) in [6.07, 6.45) is -7.43. The number of carboxylic acids is 1. The van der Waals surface area contributed by atoms with Crippen LogP contribution in [-0.2, 0) is 33.2 Å². The number of nitrogens with two attached hydrogens (primary N) is 1. The molecule has 70 heavy (non-hydrogen) atoms. The van der Waals surface area contributed by atoms with Crippen LogP contribution in [0.25, 0.3) is 11.2 Å². The Morgan fingerprint density at radius 1 is 0.886 bits per heavy atom. The van der Waals surface area contributed by atoms with Gasteiger partial charge in [-0.25, -0.2) is 14.6 Å². The van der Waals surface area contributed by atoms with Gasteiger partial charge in [-0.2, -0.15) is 4.98 Å². The molecule has 5 heterocycles. The minimum Gasteiger partial charge on any atom is -0.478 e. The number of aliphatic hydroxyl groups excluding tert-OH is 10. The number of hydrogen-bond acceptors (Lipinski definition) is 21. The van der Waals surface area contributed by atoms with Gasteiger partial charge in [-0.1, -0.05) is 30.4 Å². The van der Waals surface area contributed by atoms with Gasteiger partial charge in [-0.05, 0) is 44.7 Å². The van der Waals surface area contributed by atoms with Crippen LogP contribution in [0.3, 0.4) is 0 Å². The summed E-state index contributed by atoms with van der Waals surface area (Å²) in [5, 5.41) is 121. The molecule has 4 aromatic heterocycles. The molecule has 1 aliphatic heterocycles. The van der Waals surface area contributed by atoms with E-state index < -0.39 is 98.9 Å². The molecular formula is C44H68N12O14. The van der Waals surface area contributed by atoms with Crippen molar-refractivity contribution in [2.75, 3.05) is 56.2 Å². The molecule has 1 unspecified atom stereocenters. The zero-order valence-corrected chi connectivity index (χ0v) is 39.3. The summed E-state index contributed by atoms with van der Waals surface area (Å²) in [7, 11) is 1.50. The topological polar surface area (TPSA) is 390 Å². The van der Waals surface area contributed by atoms with Gasteiger partial charge >= 0.3 is 11.7 Å². The average molecular weight is 989 g/mol. The van der Waals surface area contributed by atoms with Crippen LogP contribution in [0.15, 0.2) is 27.9 Å². The van der Waals surface area contributed by atoms with E-state index in [1.165, 1.54) is 28.6 Å². The third-order valence-corrected chi connectivity index (χ3v) is 12.3. The van der Waals surface area contributed by atoms with Gasteiger partial charge in [0.2, 0.25) is 5.95 Å². The van der Waals surface area contributed by atoms with Crippen molar-refractivity contribution in [3.8, 4) is 11.8 Å². The molecule has 26 nitrogen and oxygen atoms in total. The highest BCUT2D eigenvalue weighted by Crippen LogP contribution is 2.23. The van der Waals surface area contributed by atoms with Crippen molar-refractivity contribution >= 4 is 28.9 Å². The molecule has 0 spiro atoms. The summed E-state index contributed by atoms with van der Waals surface area (Å²) in [4.78, 5) is 52.7. The first kappa shape index (κ1) is 55.5. The SMILES string of the molecule is CC#CCn1c(N2CCCC(N)C2)nc2c1c(=O)n(Cc1nc(NCCCCCCCn3cc(CN(C[C@H](O)[C@@H](O)[C@H](O)[C@H](O)CO)C[C@H](O)[C@@H](O)[C@H](O)[C@H](O)CO)nn3)ccc1C(=O)O)c(=O)n2C. The van der Waals surface area contributed by atoms with E-state index in [4.69, 9.17) is 20.9 Å². The van der Waals surface area contributed by atoms with Crippen molar-refractivity contribution < 1.29 is 61.0 Å². The Balaban J connectivity index is 1.16. The van der Waals surface area contributed by atoms with E-state index in [0.29, 0.717) is 43.6 Å². The third-order valence-electron chi connectivity index (χ3n) is 12.3. The highest BCUT2D eigenvalue weighted by atomic mass is 16.4. The van der Waals surface area contributed by atoms with Crippen LogP contribution in [0.5, 0.6) is 0 Å². The molecule has 26 heteroatoms. The van der Waals surface area contributed by atoms with E-state index in [1.807, 2.05) is 4.90 Å². The molecule has 0 aromatic carbocycles. The number of aromatic carboxylic acids is 1. The number of pyridine rings is 1. The van der Waals surface area contributed by atoms with Crippen LogP contribution in [-0.4, -0.2) is 207 Å². The van der Waals surface area contributed by atoms with Crippen molar-refractivity contribution in [3.63, 3.8) is 0 Å². The number of piperidine rings is 1. The number of aromatic nitrogens is 8. The number of aliphatic hydroxyl groups is 10. The standard InChI is InChI=1S/C44H68N12O14/c1-3-4-17-55-35-40(48-43(55)53-15-10-11-26(45)18-53)51(2)44(70)56(41(35)67)21-29-28(42(68)69)12-13-34(47-29)46-14-8-6-5-7-9-16-54-20-27(49-50-54)19-52(22-30(59)36(63)38(65)32(61)24-57)23-31(60)37(64)39(66)33(62)25-58/h12-13,20,26,30-33,36-39,57-66H,5-11,14-19,21-25,45H2,1-2H3,(H,46,47)(H,68,69)/t26?,30-,31-,32+,33+,36+,37+,38+,39+/m0/s1. The lowest BCUT2D eigenvalue weighted by molar-refractivity contribution is -0.131. The number of imidazole rings is 1. The number of unbranched alkanes of at least 4 members (excludes halogenated alkanes) is 4. The second kappa shape index (κ2) is 26.2. The van der Waals surface area contributed by atoms with Crippen molar-refractivity contribution in [2.24, 2.45) is 12.8 Å². The van der Waals surface area contributed by atoms with Gasteiger partial charge in [-0.3, -0.25) is 28.1 Å². The second-order valence-electron chi connectivity index (χ2n) is 17.6. The number of carbonyl (C=O) groups is 1. The van der Waals surface area contributed by atoms with Crippen molar-refractivity contribution in [3.05, 3.63) is 56.1 Å². The van der Waals surface area contributed by atoms with Gasteiger partial charge in [0.05, 0.1) is 55.5 Å².